The Bertz CT molecular complexity index is 243. The number of halogens is 5. The molecule has 4 nitrogen and oxygen atoms in total. The van der Waals surface area contributed by atoms with E-state index < -0.39 is 21.5 Å². The first-order chi connectivity index (χ1) is 4.50. The second-order valence-electron chi connectivity index (χ2n) is 1.56. The molecule has 0 aliphatic heterocycles. The van der Waals surface area contributed by atoms with Gasteiger partial charge in [0.05, 0.1) is 0 Å². The van der Waals surface area contributed by atoms with Crippen LogP contribution < -0.4 is 11.3 Å². The molecular formula is C2H5F5N2O2S. The predicted molar refractivity (Wildman–Crippen MR) is 29.1 cm³/mol. The van der Waals surface area contributed by atoms with Crippen molar-refractivity contribution in [2.75, 3.05) is 0 Å². The highest BCUT2D eigenvalue weighted by Gasteiger charge is 2.66. The van der Waals surface area contributed by atoms with Gasteiger partial charge in [-0.05, 0) is 0 Å². The van der Waals surface area contributed by atoms with Crippen molar-refractivity contribution in [3.05, 3.63) is 0 Å². The molecule has 76 valence electrons. The molecule has 0 bridgehead atoms. The number of primary sulfonamides is 1. The largest absolute Gasteiger partial charge is 0.470 e. The van der Waals surface area contributed by atoms with E-state index in [0.717, 1.165) is 0 Å². The fraction of sp³-hybridized carbons (Fsp3) is 1.00. The van der Waals surface area contributed by atoms with Gasteiger partial charge in [0.1, 0.15) is 0 Å². The summed E-state index contributed by atoms with van der Waals surface area (Å²) >= 11 is 0. The second-order valence-corrected chi connectivity index (χ2v) is 3.16. The Morgan fingerprint density at radius 2 is 1.25 bits per heavy atom. The molecule has 0 saturated heterocycles. The smallest absolute Gasteiger partial charge is 0.344 e. The summed E-state index contributed by atoms with van der Waals surface area (Å²) in [5.74, 6) is 0. The van der Waals surface area contributed by atoms with Crippen molar-refractivity contribution in [1.29, 1.82) is 0 Å². The Labute approximate surface area is 64.2 Å². The van der Waals surface area contributed by atoms with Crippen molar-refractivity contribution < 1.29 is 30.4 Å². The second kappa shape index (κ2) is 3.11. The molecule has 0 rings (SSSR count). The minimum atomic E-state index is -6.17. The molecule has 0 atom stereocenters. The highest BCUT2D eigenvalue weighted by atomic mass is 32.2. The van der Waals surface area contributed by atoms with E-state index in [1.165, 1.54) is 0 Å². The minimum absolute atomic E-state index is 0. The lowest BCUT2D eigenvalue weighted by Crippen LogP contribution is -2.47. The molecule has 5 N–H and O–H groups in total. The van der Waals surface area contributed by atoms with Crippen LogP contribution in [0.25, 0.3) is 0 Å². The number of alkyl halides is 5. The van der Waals surface area contributed by atoms with Gasteiger partial charge in [-0.1, -0.05) is 0 Å². The third-order valence-electron chi connectivity index (χ3n) is 0.687. The van der Waals surface area contributed by atoms with Crippen molar-refractivity contribution in [2.45, 2.75) is 11.4 Å². The molecule has 0 aromatic heterocycles. The zero-order valence-electron chi connectivity index (χ0n) is 5.40. The lowest BCUT2D eigenvalue weighted by Gasteiger charge is -2.16. The number of hydrogen-bond acceptors (Lipinski definition) is 3. The van der Waals surface area contributed by atoms with E-state index in [-0.39, 0.29) is 6.15 Å². The topological polar surface area (TPSA) is 95.2 Å². The molecular weight excluding hydrogens is 211 g/mol. The summed E-state index contributed by atoms with van der Waals surface area (Å²) in [5, 5.41) is -2.27. The molecule has 0 aromatic rings. The lowest BCUT2D eigenvalue weighted by molar-refractivity contribution is -0.241. The molecule has 0 fully saturated rings. The summed E-state index contributed by atoms with van der Waals surface area (Å²) in [7, 11) is -5.92. The molecule has 12 heavy (non-hydrogen) atoms. The van der Waals surface area contributed by atoms with Crippen LogP contribution in [0.3, 0.4) is 0 Å². The molecule has 0 spiro atoms. The van der Waals surface area contributed by atoms with Crippen LogP contribution in [0.2, 0.25) is 0 Å². The number of sulfonamides is 1. The van der Waals surface area contributed by atoms with Crippen LogP contribution in [0.5, 0.6) is 0 Å². The molecule has 10 heteroatoms. The van der Waals surface area contributed by atoms with E-state index in [1.54, 1.807) is 0 Å². The normalized spacial score (nSPS) is 13.8. The number of rotatable bonds is 1. The van der Waals surface area contributed by atoms with Crippen molar-refractivity contribution in [2.24, 2.45) is 5.14 Å². The van der Waals surface area contributed by atoms with Crippen LogP contribution >= 0.6 is 0 Å². The number of nitrogens with two attached hydrogens (primary N) is 1. The molecule has 0 heterocycles. The highest BCUT2D eigenvalue weighted by Crippen LogP contribution is 2.38. The van der Waals surface area contributed by atoms with Crippen LogP contribution in [0.15, 0.2) is 0 Å². The van der Waals surface area contributed by atoms with Gasteiger partial charge in [0.25, 0.3) is 10.0 Å². The van der Waals surface area contributed by atoms with Crippen LogP contribution in [-0.2, 0) is 10.0 Å². The monoisotopic (exact) mass is 216 g/mol. The fourth-order valence-electron chi connectivity index (χ4n) is 0.161. The maximum atomic E-state index is 11.6. The summed E-state index contributed by atoms with van der Waals surface area (Å²) in [5.41, 5.74) is 0. The van der Waals surface area contributed by atoms with E-state index in [0.29, 0.717) is 0 Å². The average Bonchev–Trinajstić information content (AvgIpc) is 1.58. The lowest BCUT2D eigenvalue weighted by atomic mass is 10.7. The van der Waals surface area contributed by atoms with E-state index in [2.05, 4.69) is 5.14 Å². The maximum absolute atomic E-state index is 11.6. The van der Waals surface area contributed by atoms with Crippen molar-refractivity contribution in [3.8, 4) is 0 Å². The third-order valence-corrected chi connectivity index (χ3v) is 1.63. The SMILES string of the molecule is N.NS(=O)(=O)C(F)(F)C(F)(F)F. The summed E-state index contributed by atoms with van der Waals surface area (Å²) in [6, 6.07) is 0. The van der Waals surface area contributed by atoms with Gasteiger partial charge in [-0.15, -0.1) is 0 Å². The Kier molecular flexibility index (Phi) is 3.64. The standard InChI is InChI=1S/C2H2F5NO2S.H3N/c3-1(4,5)2(6,7)11(8,9)10;/h(H2,8,9,10);1H3. The van der Waals surface area contributed by atoms with Crippen molar-refractivity contribution in [1.82, 2.24) is 6.15 Å². The van der Waals surface area contributed by atoms with Crippen molar-refractivity contribution >= 4 is 10.0 Å². The minimum Gasteiger partial charge on any atom is -0.344 e. The molecule has 0 aromatic carbocycles. The maximum Gasteiger partial charge on any atom is 0.470 e. The van der Waals surface area contributed by atoms with Crippen LogP contribution in [0.4, 0.5) is 22.0 Å². The van der Waals surface area contributed by atoms with Crippen LogP contribution in [-0.4, -0.2) is 19.8 Å². The van der Waals surface area contributed by atoms with Gasteiger partial charge in [0, 0.05) is 0 Å². The summed E-state index contributed by atoms with van der Waals surface area (Å²) < 4.78 is 75.8. The molecule has 0 radical (unpaired) electrons. The summed E-state index contributed by atoms with van der Waals surface area (Å²) in [6.45, 7) is 0. The highest BCUT2D eigenvalue weighted by molar-refractivity contribution is 7.90. The molecule has 0 saturated carbocycles. The van der Waals surface area contributed by atoms with E-state index in [9.17, 15) is 30.4 Å². The number of hydrogen-bond donors (Lipinski definition) is 2. The van der Waals surface area contributed by atoms with Gasteiger partial charge in [-0.25, -0.2) is 13.6 Å². The molecule has 0 unspecified atom stereocenters. The van der Waals surface area contributed by atoms with E-state index in [4.69, 9.17) is 0 Å². The fourth-order valence-corrected chi connectivity index (χ4v) is 0.484. The molecule has 0 aliphatic carbocycles. The van der Waals surface area contributed by atoms with Crippen LogP contribution in [0, 0.1) is 0 Å². The van der Waals surface area contributed by atoms with Gasteiger partial charge in [-0.2, -0.15) is 22.0 Å². The van der Waals surface area contributed by atoms with Gasteiger partial charge < -0.3 is 6.15 Å². The van der Waals surface area contributed by atoms with E-state index >= 15 is 0 Å². The first kappa shape index (κ1) is 14.1. The Balaban J connectivity index is 0. The summed E-state index contributed by atoms with van der Waals surface area (Å²) in [6.07, 6.45) is -6.17. The zero-order chi connectivity index (χ0) is 9.50. The molecule has 0 amide bonds. The van der Waals surface area contributed by atoms with Gasteiger partial charge in [0.2, 0.25) is 0 Å². The van der Waals surface area contributed by atoms with Gasteiger partial charge in [0.15, 0.2) is 0 Å². The van der Waals surface area contributed by atoms with Gasteiger partial charge in [-0.3, -0.25) is 0 Å². The van der Waals surface area contributed by atoms with Gasteiger partial charge >= 0.3 is 11.4 Å². The Morgan fingerprint density at radius 1 is 1.00 bits per heavy atom. The first-order valence-electron chi connectivity index (χ1n) is 1.97. The quantitative estimate of drug-likeness (QED) is 0.628. The van der Waals surface area contributed by atoms with Crippen molar-refractivity contribution in [3.63, 3.8) is 0 Å². The summed E-state index contributed by atoms with van der Waals surface area (Å²) in [4.78, 5) is 0. The Hall–Kier alpha value is -0.480. The average molecular weight is 216 g/mol. The van der Waals surface area contributed by atoms with Crippen LogP contribution in [0.1, 0.15) is 0 Å². The third kappa shape index (κ3) is 2.25. The van der Waals surface area contributed by atoms with E-state index in [1.807, 2.05) is 0 Å². The predicted octanol–water partition coefficient (Wildman–Crippen LogP) is 0.592. The molecule has 0 aliphatic rings. The first-order valence-corrected chi connectivity index (χ1v) is 3.51. The Morgan fingerprint density at radius 3 is 1.25 bits per heavy atom. The zero-order valence-corrected chi connectivity index (χ0v) is 6.22.